The molecule has 2 aromatic rings. The van der Waals surface area contributed by atoms with Crippen LogP contribution < -0.4 is 5.32 Å². The molecule has 0 saturated carbocycles. The summed E-state index contributed by atoms with van der Waals surface area (Å²) in [5.41, 5.74) is 1.28. The van der Waals surface area contributed by atoms with Crippen molar-refractivity contribution >= 4 is 22.7 Å². The summed E-state index contributed by atoms with van der Waals surface area (Å²) in [7, 11) is 0. The fourth-order valence-corrected chi connectivity index (χ4v) is 3.21. The molecule has 2 rings (SSSR count). The smallest absolute Gasteiger partial charge is 0.0982 e. The molecule has 2 aromatic heterocycles. The van der Waals surface area contributed by atoms with Gasteiger partial charge in [0, 0.05) is 35.0 Å². The predicted molar refractivity (Wildman–Crippen MR) is 78.2 cm³/mol. The van der Waals surface area contributed by atoms with E-state index in [-0.39, 0.29) is 5.41 Å². The van der Waals surface area contributed by atoms with Crippen LogP contribution in [-0.2, 0) is 18.5 Å². The largest absolute Gasteiger partial charge is 0.306 e. The predicted octanol–water partition coefficient (Wildman–Crippen LogP) is 3.50. The molecule has 0 atom stereocenters. The van der Waals surface area contributed by atoms with Gasteiger partial charge in [0.25, 0.3) is 0 Å². The van der Waals surface area contributed by atoms with Crippen molar-refractivity contribution in [2.75, 3.05) is 0 Å². The maximum absolute atomic E-state index is 4.66. The first-order valence-corrected chi connectivity index (χ1v) is 7.71. The van der Waals surface area contributed by atoms with E-state index in [0.717, 1.165) is 23.8 Å². The summed E-state index contributed by atoms with van der Waals surface area (Å²) in [5, 5.41) is 7.88. The van der Waals surface area contributed by atoms with Gasteiger partial charge in [0.15, 0.2) is 0 Å². The van der Waals surface area contributed by atoms with Crippen molar-refractivity contribution in [3.8, 4) is 0 Å². The first kappa shape index (κ1) is 13.6. The van der Waals surface area contributed by atoms with Crippen LogP contribution in [0.1, 0.15) is 41.4 Å². The summed E-state index contributed by atoms with van der Waals surface area (Å²) in [5.74, 6) is 0. The lowest BCUT2D eigenvalue weighted by molar-refractivity contribution is 0.579. The minimum Gasteiger partial charge on any atom is -0.306 e. The van der Waals surface area contributed by atoms with Crippen LogP contribution in [0.4, 0.5) is 0 Å². The average molecular weight is 281 g/mol. The molecule has 0 amide bonds. The first-order chi connectivity index (χ1) is 8.45. The highest BCUT2D eigenvalue weighted by Crippen LogP contribution is 2.25. The molecule has 0 aliphatic carbocycles. The van der Waals surface area contributed by atoms with Crippen LogP contribution in [0.2, 0.25) is 0 Å². The molecule has 98 valence electrons. The topological polar surface area (TPSA) is 37.8 Å². The Balaban J connectivity index is 1.85. The highest BCUT2D eigenvalue weighted by Gasteiger charge is 2.17. The first-order valence-electron chi connectivity index (χ1n) is 6.02. The molecule has 0 saturated heterocycles. The summed E-state index contributed by atoms with van der Waals surface area (Å²) in [4.78, 5) is 10.2. The van der Waals surface area contributed by atoms with Gasteiger partial charge in [-0.15, -0.1) is 22.7 Å². The van der Waals surface area contributed by atoms with Crippen molar-refractivity contribution < 1.29 is 0 Å². The van der Waals surface area contributed by atoms with E-state index in [1.807, 2.05) is 13.1 Å². The van der Waals surface area contributed by atoms with E-state index in [1.165, 1.54) is 9.88 Å². The third kappa shape index (κ3) is 3.60. The van der Waals surface area contributed by atoms with Crippen LogP contribution >= 0.6 is 22.7 Å². The standard InChI is InChI=1S/C13H19N3S2/c1-9-15-7-11(18-9)6-14-5-10-8-17-12(16-10)13(2,3)4/h7-8,14H,5-6H2,1-4H3. The van der Waals surface area contributed by atoms with Gasteiger partial charge < -0.3 is 5.32 Å². The van der Waals surface area contributed by atoms with Crippen LogP contribution in [0.15, 0.2) is 11.6 Å². The minimum absolute atomic E-state index is 0.150. The van der Waals surface area contributed by atoms with Gasteiger partial charge in [-0.3, -0.25) is 0 Å². The fraction of sp³-hybridized carbons (Fsp3) is 0.538. The van der Waals surface area contributed by atoms with Crippen molar-refractivity contribution in [1.82, 2.24) is 15.3 Å². The van der Waals surface area contributed by atoms with Crippen LogP contribution in [0.25, 0.3) is 0 Å². The van der Waals surface area contributed by atoms with Gasteiger partial charge in [-0.05, 0) is 6.92 Å². The van der Waals surface area contributed by atoms with Crippen molar-refractivity contribution in [3.05, 3.63) is 32.2 Å². The quantitative estimate of drug-likeness (QED) is 0.932. The normalized spacial score (nSPS) is 12.0. The van der Waals surface area contributed by atoms with Crippen LogP contribution in [0.3, 0.4) is 0 Å². The number of hydrogen-bond acceptors (Lipinski definition) is 5. The van der Waals surface area contributed by atoms with Crippen LogP contribution in [0.5, 0.6) is 0 Å². The molecule has 0 spiro atoms. The number of nitrogens with one attached hydrogen (secondary N) is 1. The number of rotatable bonds is 4. The Hall–Kier alpha value is -0.780. The maximum Gasteiger partial charge on any atom is 0.0982 e. The second-order valence-electron chi connectivity index (χ2n) is 5.34. The van der Waals surface area contributed by atoms with E-state index >= 15 is 0 Å². The number of aryl methyl sites for hydroxylation is 1. The molecule has 0 radical (unpaired) electrons. The summed E-state index contributed by atoms with van der Waals surface area (Å²) in [6, 6.07) is 0. The zero-order chi connectivity index (χ0) is 13.2. The molecule has 0 aliphatic heterocycles. The van der Waals surface area contributed by atoms with E-state index in [0.29, 0.717) is 0 Å². The van der Waals surface area contributed by atoms with E-state index in [4.69, 9.17) is 0 Å². The molecular formula is C13H19N3S2. The molecule has 18 heavy (non-hydrogen) atoms. The number of nitrogens with zero attached hydrogens (tertiary/aromatic N) is 2. The Morgan fingerprint density at radius 3 is 2.61 bits per heavy atom. The monoisotopic (exact) mass is 281 g/mol. The van der Waals surface area contributed by atoms with Gasteiger partial charge in [-0.2, -0.15) is 0 Å². The van der Waals surface area contributed by atoms with Crippen molar-refractivity contribution in [3.63, 3.8) is 0 Å². The van der Waals surface area contributed by atoms with E-state index < -0.39 is 0 Å². The summed E-state index contributed by atoms with van der Waals surface area (Å²) < 4.78 is 0. The number of thiazole rings is 2. The number of aromatic nitrogens is 2. The Labute approximate surface area is 116 Å². The summed E-state index contributed by atoms with van der Waals surface area (Å²) >= 11 is 3.49. The molecule has 0 aromatic carbocycles. The molecule has 0 bridgehead atoms. The fourth-order valence-electron chi connectivity index (χ4n) is 1.53. The van der Waals surface area contributed by atoms with Gasteiger partial charge in [0.05, 0.1) is 15.7 Å². The van der Waals surface area contributed by atoms with Crippen molar-refractivity contribution in [1.29, 1.82) is 0 Å². The third-order valence-electron chi connectivity index (χ3n) is 2.47. The van der Waals surface area contributed by atoms with Crippen LogP contribution in [0, 0.1) is 6.92 Å². The molecule has 0 fully saturated rings. The molecule has 3 nitrogen and oxygen atoms in total. The molecule has 2 heterocycles. The molecular weight excluding hydrogens is 262 g/mol. The van der Waals surface area contributed by atoms with Gasteiger partial charge in [0.2, 0.25) is 0 Å². The molecule has 1 N–H and O–H groups in total. The third-order valence-corrected chi connectivity index (χ3v) is 4.70. The Morgan fingerprint density at radius 1 is 1.28 bits per heavy atom. The second kappa shape index (κ2) is 5.47. The minimum atomic E-state index is 0.150. The maximum atomic E-state index is 4.66. The SMILES string of the molecule is Cc1ncc(CNCc2csc(C(C)(C)C)n2)s1. The van der Waals surface area contributed by atoms with E-state index in [9.17, 15) is 0 Å². The Kier molecular flexibility index (Phi) is 4.14. The lowest BCUT2D eigenvalue weighted by Crippen LogP contribution is -2.14. The lowest BCUT2D eigenvalue weighted by Gasteiger charge is -2.13. The van der Waals surface area contributed by atoms with Crippen molar-refractivity contribution in [2.24, 2.45) is 0 Å². The zero-order valence-corrected chi connectivity index (χ0v) is 12.9. The van der Waals surface area contributed by atoms with E-state index in [1.54, 1.807) is 22.7 Å². The zero-order valence-electron chi connectivity index (χ0n) is 11.3. The molecule has 5 heteroatoms. The van der Waals surface area contributed by atoms with Gasteiger partial charge in [0.1, 0.15) is 0 Å². The highest BCUT2D eigenvalue weighted by molar-refractivity contribution is 7.11. The lowest BCUT2D eigenvalue weighted by atomic mass is 9.98. The molecule has 0 aliphatic rings. The van der Waals surface area contributed by atoms with Crippen molar-refractivity contribution in [2.45, 2.75) is 46.2 Å². The average Bonchev–Trinajstić information content (AvgIpc) is 2.87. The molecule has 0 unspecified atom stereocenters. The highest BCUT2D eigenvalue weighted by atomic mass is 32.1. The summed E-state index contributed by atoms with van der Waals surface area (Å²) in [6.07, 6.45) is 1.94. The Bertz CT molecular complexity index is 508. The van der Waals surface area contributed by atoms with E-state index in [2.05, 4.69) is 41.4 Å². The Morgan fingerprint density at radius 2 is 2.06 bits per heavy atom. The van der Waals surface area contributed by atoms with Gasteiger partial charge in [-0.1, -0.05) is 20.8 Å². The van der Waals surface area contributed by atoms with Crippen LogP contribution in [-0.4, -0.2) is 9.97 Å². The second-order valence-corrected chi connectivity index (χ2v) is 7.52. The van der Waals surface area contributed by atoms with Gasteiger partial charge in [-0.25, -0.2) is 9.97 Å². The number of hydrogen-bond donors (Lipinski definition) is 1. The summed E-state index contributed by atoms with van der Waals surface area (Å²) in [6.45, 7) is 10.3. The van der Waals surface area contributed by atoms with Gasteiger partial charge >= 0.3 is 0 Å².